The molecule has 0 aliphatic carbocycles. The lowest BCUT2D eigenvalue weighted by Crippen LogP contribution is -2.44. The Balaban J connectivity index is 1.54. The van der Waals surface area contributed by atoms with Crippen LogP contribution in [0.2, 0.25) is 0 Å². The Kier molecular flexibility index (Phi) is 4.17. The van der Waals surface area contributed by atoms with Crippen LogP contribution >= 0.6 is 0 Å². The van der Waals surface area contributed by atoms with E-state index in [1.165, 1.54) is 0 Å². The second-order valence-electron chi connectivity index (χ2n) is 6.08. The van der Waals surface area contributed by atoms with E-state index in [4.69, 9.17) is 9.84 Å². The third-order valence-corrected chi connectivity index (χ3v) is 4.65. The van der Waals surface area contributed by atoms with E-state index >= 15 is 0 Å². The Morgan fingerprint density at radius 2 is 2.24 bits per heavy atom. The highest BCUT2D eigenvalue weighted by molar-refractivity contribution is 5.77. The van der Waals surface area contributed by atoms with Crippen LogP contribution in [-0.4, -0.2) is 58.3 Å². The average Bonchev–Trinajstić information content (AvgIpc) is 2.91. The molecule has 0 aromatic carbocycles. The van der Waals surface area contributed by atoms with Crippen molar-refractivity contribution in [2.24, 2.45) is 5.41 Å². The van der Waals surface area contributed by atoms with Crippen molar-refractivity contribution in [1.29, 1.82) is 0 Å². The summed E-state index contributed by atoms with van der Waals surface area (Å²) in [7, 11) is 0. The Bertz CT molecular complexity index is 486. The fourth-order valence-electron chi connectivity index (χ4n) is 3.37. The lowest BCUT2D eigenvalue weighted by atomic mass is 9.76. The minimum atomic E-state index is -0.390. The molecular formula is C15H21N3O3. The van der Waals surface area contributed by atoms with Gasteiger partial charge in [0.2, 0.25) is 5.91 Å². The quantitative estimate of drug-likeness (QED) is 0.873. The predicted octanol–water partition coefficient (Wildman–Crippen LogP) is 0.409. The van der Waals surface area contributed by atoms with Gasteiger partial charge in [0.05, 0.1) is 18.4 Å². The van der Waals surface area contributed by atoms with Crippen molar-refractivity contribution in [3.63, 3.8) is 0 Å². The Morgan fingerprint density at radius 3 is 2.90 bits per heavy atom. The number of aromatic nitrogens is 2. The Morgan fingerprint density at radius 1 is 1.43 bits per heavy atom. The van der Waals surface area contributed by atoms with Gasteiger partial charge in [0, 0.05) is 38.1 Å². The molecule has 1 unspecified atom stereocenters. The largest absolute Gasteiger partial charge is 0.387 e. The van der Waals surface area contributed by atoms with Crippen LogP contribution in [0.5, 0.6) is 0 Å². The fourth-order valence-corrected chi connectivity index (χ4v) is 3.37. The highest BCUT2D eigenvalue weighted by Gasteiger charge is 2.42. The van der Waals surface area contributed by atoms with Crippen molar-refractivity contribution in [2.45, 2.75) is 31.8 Å². The molecule has 0 radical (unpaired) electrons. The van der Waals surface area contributed by atoms with E-state index in [2.05, 4.69) is 9.97 Å². The Labute approximate surface area is 124 Å². The van der Waals surface area contributed by atoms with Gasteiger partial charge in [-0.05, 0) is 24.7 Å². The highest BCUT2D eigenvalue weighted by atomic mass is 16.5. The number of piperidine rings is 1. The number of hydrogen-bond acceptors (Lipinski definition) is 5. The van der Waals surface area contributed by atoms with Crippen LogP contribution in [0.15, 0.2) is 18.6 Å². The Hall–Kier alpha value is -1.53. The molecule has 2 aliphatic heterocycles. The summed E-state index contributed by atoms with van der Waals surface area (Å²) in [6, 6.07) is 0. The molecule has 0 saturated carbocycles. The van der Waals surface area contributed by atoms with Crippen molar-refractivity contribution in [3.8, 4) is 0 Å². The summed E-state index contributed by atoms with van der Waals surface area (Å²) in [6.45, 7) is 1.82. The zero-order valence-electron chi connectivity index (χ0n) is 12.1. The van der Waals surface area contributed by atoms with Crippen LogP contribution in [-0.2, 0) is 16.0 Å². The zero-order chi connectivity index (χ0) is 14.7. The first-order chi connectivity index (χ1) is 10.2. The van der Waals surface area contributed by atoms with Gasteiger partial charge in [-0.25, -0.2) is 0 Å². The van der Waals surface area contributed by atoms with E-state index in [1.807, 2.05) is 0 Å². The van der Waals surface area contributed by atoms with Crippen LogP contribution in [0.25, 0.3) is 0 Å². The number of carbonyl (C=O) groups is 1. The maximum atomic E-state index is 11.5. The summed E-state index contributed by atoms with van der Waals surface area (Å²) < 4.78 is 5.95. The molecule has 2 fully saturated rings. The molecule has 0 bridgehead atoms. The zero-order valence-corrected chi connectivity index (χ0v) is 12.1. The number of likely N-dealkylation sites (tertiary alicyclic amines) is 1. The van der Waals surface area contributed by atoms with Crippen molar-refractivity contribution in [1.82, 2.24) is 14.9 Å². The van der Waals surface area contributed by atoms with Crippen molar-refractivity contribution < 1.29 is 14.6 Å². The summed E-state index contributed by atoms with van der Waals surface area (Å²) in [5.41, 5.74) is 1.16. The van der Waals surface area contributed by atoms with E-state index < -0.39 is 6.61 Å². The molecule has 21 heavy (non-hydrogen) atoms. The van der Waals surface area contributed by atoms with Crippen LogP contribution in [0, 0.1) is 5.41 Å². The summed E-state index contributed by atoms with van der Waals surface area (Å²) in [5, 5.41) is 8.92. The molecule has 6 nitrogen and oxygen atoms in total. The van der Waals surface area contributed by atoms with E-state index in [-0.39, 0.29) is 17.4 Å². The molecule has 3 heterocycles. The molecule has 2 aliphatic rings. The lowest BCUT2D eigenvalue weighted by Gasteiger charge is -2.38. The van der Waals surface area contributed by atoms with Gasteiger partial charge in [0.25, 0.3) is 0 Å². The molecule has 6 heteroatoms. The van der Waals surface area contributed by atoms with Gasteiger partial charge in [-0.15, -0.1) is 0 Å². The molecule has 1 atom stereocenters. The van der Waals surface area contributed by atoms with Gasteiger partial charge in [-0.3, -0.25) is 14.8 Å². The number of carbonyl (C=O) groups excluding carboxylic acids is 1. The summed E-state index contributed by atoms with van der Waals surface area (Å²) in [6.07, 6.45) is 9.09. The van der Waals surface area contributed by atoms with E-state index in [0.29, 0.717) is 0 Å². The lowest BCUT2D eigenvalue weighted by molar-refractivity contribution is -0.136. The highest BCUT2D eigenvalue weighted by Crippen LogP contribution is 2.42. The van der Waals surface area contributed by atoms with Crippen LogP contribution < -0.4 is 0 Å². The molecule has 1 aromatic heterocycles. The van der Waals surface area contributed by atoms with Gasteiger partial charge in [0.1, 0.15) is 6.61 Å². The second-order valence-corrected chi connectivity index (χ2v) is 6.08. The first kappa shape index (κ1) is 14.4. The molecule has 1 amide bonds. The maximum Gasteiger partial charge on any atom is 0.248 e. The normalized spacial score (nSPS) is 24.4. The summed E-state index contributed by atoms with van der Waals surface area (Å²) in [4.78, 5) is 21.6. The number of aliphatic hydroxyl groups is 1. The molecule has 1 aromatic rings. The third-order valence-electron chi connectivity index (χ3n) is 4.65. The monoisotopic (exact) mass is 291 g/mol. The fraction of sp³-hybridized carbons (Fsp3) is 0.667. The van der Waals surface area contributed by atoms with Gasteiger partial charge in [-0.1, -0.05) is 0 Å². The minimum absolute atomic E-state index is 0.167. The standard InChI is InChI=1S/C15H21N3O3/c19-10-14(20)18-5-1-15(2-6-18)8-13(21-11-15)7-12-9-16-3-4-17-12/h3-4,9,13,19H,1-2,5-8,10-11H2. The number of hydrogen-bond donors (Lipinski definition) is 1. The first-order valence-corrected chi connectivity index (χ1v) is 7.46. The van der Waals surface area contributed by atoms with Crippen LogP contribution in [0.1, 0.15) is 25.0 Å². The van der Waals surface area contributed by atoms with Gasteiger partial charge in [0.15, 0.2) is 0 Å². The number of amides is 1. The van der Waals surface area contributed by atoms with Crippen LogP contribution in [0.3, 0.4) is 0 Å². The molecular weight excluding hydrogens is 270 g/mol. The van der Waals surface area contributed by atoms with Gasteiger partial charge < -0.3 is 14.7 Å². The second kappa shape index (κ2) is 6.07. The number of ether oxygens (including phenoxy) is 1. The van der Waals surface area contributed by atoms with Gasteiger partial charge >= 0.3 is 0 Å². The number of nitrogens with zero attached hydrogens (tertiary/aromatic N) is 3. The van der Waals surface area contributed by atoms with Crippen molar-refractivity contribution in [2.75, 3.05) is 26.3 Å². The SMILES string of the molecule is O=C(CO)N1CCC2(CC1)COC(Cc1cnccn1)C2. The molecule has 114 valence electrons. The topological polar surface area (TPSA) is 75.5 Å². The predicted molar refractivity (Wildman–Crippen MR) is 75.4 cm³/mol. The smallest absolute Gasteiger partial charge is 0.248 e. The third kappa shape index (κ3) is 3.22. The summed E-state index contributed by atoms with van der Waals surface area (Å²) in [5.74, 6) is -0.167. The first-order valence-electron chi connectivity index (χ1n) is 7.46. The van der Waals surface area contributed by atoms with Crippen LogP contribution in [0.4, 0.5) is 0 Å². The van der Waals surface area contributed by atoms with Crippen molar-refractivity contribution in [3.05, 3.63) is 24.3 Å². The molecule has 3 rings (SSSR count). The van der Waals surface area contributed by atoms with Gasteiger partial charge in [-0.2, -0.15) is 0 Å². The summed E-state index contributed by atoms with van der Waals surface area (Å²) >= 11 is 0. The van der Waals surface area contributed by atoms with E-state index in [1.54, 1.807) is 23.5 Å². The molecule has 2 saturated heterocycles. The average molecular weight is 291 g/mol. The van der Waals surface area contributed by atoms with Crippen molar-refractivity contribution >= 4 is 5.91 Å². The van der Waals surface area contributed by atoms with E-state index in [9.17, 15) is 4.79 Å². The maximum absolute atomic E-state index is 11.5. The minimum Gasteiger partial charge on any atom is -0.387 e. The molecule has 1 N–H and O–H groups in total. The number of rotatable bonds is 3. The number of aliphatic hydroxyl groups excluding tert-OH is 1. The molecule has 1 spiro atoms. The van der Waals surface area contributed by atoms with E-state index in [0.717, 1.165) is 51.1 Å².